The van der Waals surface area contributed by atoms with Gasteiger partial charge in [-0.25, -0.2) is 0 Å². The van der Waals surface area contributed by atoms with Crippen LogP contribution in [-0.4, -0.2) is 19.6 Å². The predicted molar refractivity (Wildman–Crippen MR) is 58.7 cm³/mol. The van der Waals surface area contributed by atoms with E-state index in [1.165, 1.54) is 18.5 Å². The zero-order valence-corrected chi connectivity index (χ0v) is 8.34. The zero-order chi connectivity index (χ0) is 9.43. The largest absolute Gasteiger partial charge is 0.384 e. The van der Waals surface area contributed by atoms with Crippen LogP contribution in [0.2, 0.25) is 0 Å². The van der Waals surface area contributed by atoms with Crippen LogP contribution >= 0.6 is 0 Å². The molecule has 74 valence electrons. The summed E-state index contributed by atoms with van der Waals surface area (Å²) >= 11 is 0. The van der Waals surface area contributed by atoms with Gasteiger partial charge in [-0.15, -0.1) is 0 Å². The van der Waals surface area contributed by atoms with E-state index in [2.05, 4.69) is 34.9 Å². The molecular weight excluding hydrogens is 172 g/mol. The normalized spacial score (nSPS) is 23.1. The van der Waals surface area contributed by atoms with Gasteiger partial charge >= 0.3 is 0 Å². The lowest BCUT2D eigenvalue weighted by Crippen LogP contribution is -2.41. The Hall–Kier alpha value is -1.02. The van der Waals surface area contributed by atoms with Gasteiger partial charge in [0.2, 0.25) is 0 Å². The average Bonchev–Trinajstić information content (AvgIpc) is 2.60. The highest BCUT2D eigenvalue weighted by Crippen LogP contribution is 2.42. The van der Waals surface area contributed by atoms with Crippen LogP contribution in [-0.2, 0) is 5.41 Å². The minimum absolute atomic E-state index is 0.432. The van der Waals surface area contributed by atoms with Crippen molar-refractivity contribution in [3.8, 4) is 0 Å². The monoisotopic (exact) mass is 188 g/mol. The molecule has 1 aromatic carbocycles. The summed E-state index contributed by atoms with van der Waals surface area (Å²) < 4.78 is 0. The lowest BCUT2D eigenvalue weighted by Gasteiger charge is -2.33. The Bertz CT molecular complexity index is 334. The molecule has 0 aliphatic carbocycles. The third-order valence-corrected chi connectivity index (χ3v) is 3.68. The number of piperidine rings is 1. The van der Waals surface area contributed by atoms with Gasteiger partial charge in [0, 0.05) is 17.6 Å². The molecule has 0 aromatic heterocycles. The van der Waals surface area contributed by atoms with Crippen molar-refractivity contribution in [2.75, 3.05) is 25.0 Å². The average molecular weight is 188 g/mol. The minimum Gasteiger partial charge on any atom is -0.384 e. The molecule has 0 radical (unpaired) electrons. The van der Waals surface area contributed by atoms with Crippen LogP contribution in [0.15, 0.2) is 24.3 Å². The topological polar surface area (TPSA) is 24.1 Å². The molecule has 2 nitrogen and oxygen atoms in total. The van der Waals surface area contributed by atoms with E-state index in [0.29, 0.717) is 5.41 Å². The van der Waals surface area contributed by atoms with Crippen molar-refractivity contribution in [3.05, 3.63) is 29.8 Å². The molecule has 0 bridgehead atoms. The van der Waals surface area contributed by atoms with Crippen LogP contribution in [0.3, 0.4) is 0 Å². The SMILES string of the molecule is c1ccc2c(c1)NCC21CCNCC1. The quantitative estimate of drug-likeness (QED) is 0.648. The van der Waals surface area contributed by atoms with Crippen LogP contribution in [0.1, 0.15) is 18.4 Å². The first-order valence-electron chi connectivity index (χ1n) is 5.45. The number of anilines is 1. The zero-order valence-electron chi connectivity index (χ0n) is 8.34. The van der Waals surface area contributed by atoms with Gasteiger partial charge in [0.1, 0.15) is 0 Å². The van der Waals surface area contributed by atoms with Crippen molar-refractivity contribution in [1.82, 2.24) is 5.32 Å². The number of para-hydroxylation sites is 1. The Balaban J connectivity index is 2.03. The third kappa shape index (κ3) is 1.07. The van der Waals surface area contributed by atoms with Gasteiger partial charge in [0.25, 0.3) is 0 Å². The Kier molecular flexibility index (Phi) is 1.77. The third-order valence-electron chi connectivity index (χ3n) is 3.68. The van der Waals surface area contributed by atoms with E-state index in [1.54, 1.807) is 5.56 Å². The molecule has 0 saturated carbocycles. The molecule has 0 atom stereocenters. The maximum absolute atomic E-state index is 3.53. The molecule has 2 aliphatic rings. The van der Waals surface area contributed by atoms with Crippen LogP contribution < -0.4 is 10.6 Å². The summed E-state index contributed by atoms with van der Waals surface area (Å²) in [5.74, 6) is 0. The lowest BCUT2D eigenvalue weighted by atomic mass is 9.75. The van der Waals surface area contributed by atoms with Crippen molar-refractivity contribution < 1.29 is 0 Å². The molecule has 0 amide bonds. The van der Waals surface area contributed by atoms with Crippen LogP contribution in [0.5, 0.6) is 0 Å². The molecule has 2 heterocycles. The van der Waals surface area contributed by atoms with Gasteiger partial charge in [-0.2, -0.15) is 0 Å². The Labute approximate surface area is 84.7 Å². The first kappa shape index (κ1) is 8.30. The summed E-state index contributed by atoms with van der Waals surface area (Å²) in [5.41, 5.74) is 3.33. The molecular formula is C12H16N2. The second-order valence-corrected chi connectivity index (χ2v) is 4.43. The molecule has 2 heteroatoms. The molecule has 2 aliphatic heterocycles. The minimum atomic E-state index is 0.432. The molecule has 14 heavy (non-hydrogen) atoms. The van der Waals surface area contributed by atoms with Crippen molar-refractivity contribution >= 4 is 5.69 Å². The molecule has 2 N–H and O–H groups in total. The molecule has 1 aromatic rings. The molecule has 1 spiro atoms. The highest BCUT2D eigenvalue weighted by molar-refractivity contribution is 5.60. The van der Waals surface area contributed by atoms with E-state index in [-0.39, 0.29) is 0 Å². The lowest BCUT2D eigenvalue weighted by molar-refractivity contribution is 0.335. The van der Waals surface area contributed by atoms with Gasteiger partial charge in [0.15, 0.2) is 0 Å². The number of hydrogen-bond acceptors (Lipinski definition) is 2. The van der Waals surface area contributed by atoms with Gasteiger partial charge in [-0.1, -0.05) is 18.2 Å². The fourth-order valence-corrected chi connectivity index (χ4v) is 2.81. The highest BCUT2D eigenvalue weighted by atomic mass is 15.0. The summed E-state index contributed by atoms with van der Waals surface area (Å²) in [7, 11) is 0. The Morgan fingerprint density at radius 3 is 2.71 bits per heavy atom. The van der Waals surface area contributed by atoms with Crippen molar-refractivity contribution in [2.45, 2.75) is 18.3 Å². The summed E-state index contributed by atoms with van der Waals surface area (Å²) in [4.78, 5) is 0. The number of rotatable bonds is 0. The second-order valence-electron chi connectivity index (χ2n) is 4.43. The van der Waals surface area contributed by atoms with Crippen molar-refractivity contribution in [3.63, 3.8) is 0 Å². The summed E-state index contributed by atoms with van der Waals surface area (Å²) in [6.45, 7) is 3.46. The summed E-state index contributed by atoms with van der Waals surface area (Å²) in [6, 6.07) is 8.77. The van der Waals surface area contributed by atoms with E-state index < -0.39 is 0 Å². The number of fused-ring (bicyclic) bond motifs is 2. The van der Waals surface area contributed by atoms with Crippen LogP contribution in [0.25, 0.3) is 0 Å². The highest BCUT2D eigenvalue weighted by Gasteiger charge is 2.39. The first-order chi connectivity index (χ1) is 6.91. The van der Waals surface area contributed by atoms with Gasteiger partial charge in [0.05, 0.1) is 0 Å². The number of nitrogens with one attached hydrogen (secondary N) is 2. The van der Waals surface area contributed by atoms with E-state index in [0.717, 1.165) is 19.6 Å². The van der Waals surface area contributed by atoms with Crippen molar-refractivity contribution in [1.29, 1.82) is 0 Å². The fraction of sp³-hybridized carbons (Fsp3) is 0.500. The maximum Gasteiger partial charge on any atom is 0.0379 e. The smallest absolute Gasteiger partial charge is 0.0379 e. The van der Waals surface area contributed by atoms with E-state index in [1.807, 2.05) is 0 Å². The fourth-order valence-electron chi connectivity index (χ4n) is 2.81. The molecule has 0 unspecified atom stereocenters. The Morgan fingerprint density at radius 2 is 1.86 bits per heavy atom. The van der Waals surface area contributed by atoms with E-state index in [9.17, 15) is 0 Å². The second kappa shape index (κ2) is 2.99. The van der Waals surface area contributed by atoms with E-state index >= 15 is 0 Å². The number of hydrogen-bond donors (Lipinski definition) is 2. The van der Waals surface area contributed by atoms with Gasteiger partial charge in [-0.3, -0.25) is 0 Å². The van der Waals surface area contributed by atoms with Crippen LogP contribution in [0, 0.1) is 0 Å². The number of benzene rings is 1. The standard InChI is InChI=1S/C12H16N2/c1-2-4-11-10(3-1)12(9-14-11)5-7-13-8-6-12/h1-4,13-14H,5-9H2. The van der Waals surface area contributed by atoms with Gasteiger partial charge < -0.3 is 10.6 Å². The first-order valence-corrected chi connectivity index (χ1v) is 5.45. The Morgan fingerprint density at radius 1 is 1.07 bits per heavy atom. The maximum atomic E-state index is 3.53. The molecule has 1 fully saturated rings. The van der Waals surface area contributed by atoms with Crippen molar-refractivity contribution in [2.24, 2.45) is 0 Å². The molecule has 3 rings (SSSR count). The molecule has 1 saturated heterocycles. The van der Waals surface area contributed by atoms with Crippen LogP contribution in [0.4, 0.5) is 5.69 Å². The predicted octanol–water partition coefficient (Wildman–Crippen LogP) is 1.73. The van der Waals surface area contributed by atoms with E-state index in [4.69, 9.17) is 0 Å². The summed E-state index contributed by atoms with van der Waals surface area (Å²) in [5, 5.41) is 6.97. The van der Waals surface area contributed by atoms with Gasteiger partial charge in [-0.05, 0) is 37.6 Å². The summed E-state index contributed by atoms with van der Waals surface area (Å²) in [6.07, 6.45) is 2.55.